The van der Waals surface area contributed by atoms with Crippen molar-refractivity contribution in [2.24, 2.45) is 0 Å². The first-order chi connectivity index (χ1) is 11.3. The highest BCUT2D eigenvalue weighted by molar-refractivity contribution is 5.63. The SMILES string of the molecule is [3H]c1c(C)c(C)c2c3[n+](c(C)n2c1C)C(C)(C)c1ccccc1C3. The van der Waals surface area contributed by atoms with Crippen LogP contribution in [0.1, 0.15) is 54.7 Å². The van der Waals surface area contributed by atoms with Gasteiger partial charge in [0.25, 0.3) is 5.82 Å². The summed E-state index contributed by atoms with van der Waals surface area (Å²) in [6.07, 6.45) is 0.952. The van der Waals surface area contributed by atoms with E-state index in [-0.39, 0.29) is 5.54 Å². The van der Waals surface area contributed by atoms with Gasteiger partial charge in [-0.25, -0.2) is 4.57 Å². The summed E-state index contributed by atoms with van der Waals surface area (Å²) in [4.78, 5) is 0. The molecule has 0 fully saturated rings. The minimum atomic E-state index is -0.0880. The van der Waals surface area contributed by atoms with E-state index >= 15 is 0 Å². The number of nitrogens with zero attached hydrogens (tertiary/aromatic N) is 2. The van der Waals surface area contributed by atoms with Gasteiger partial charge in [0.15, 0.2) is 11.2 Å². The Morgan fingerprint density at radius 3 is 2.57 bits per heavy atom. The molecule has 4 rings (SSSR count). The van der Waals surface area contributed by atoms with Gasteiger partial charge < -0.3 is 0 Å². The van der Waals surface area contributed by atoms with Crippen molar-refractivity contribution in [1.82, 2.24) is 4.40 Å². The Bertz CT molecular complexity index is 1010. The van der Waals surface area contributed by atoms with Gasteiger partial charge >= 0.3 is 0 Å². The number of fused-ring (bicyclic) bond motifs is 4. The lowest BCUT2D eigenvalue weighted by molar-refractivity contribution is -0.759. The molecule has 2 nitrogen and oxygen atoms in total. The van der Waals surface area contributed by atoms with Crippen molar-refractivity contribution in [3.05, 3.63) is 69.8 Å². The molecule has 3 heterocycles. The van der Waals surface area contributed by atoms with E-state index in [9.17, 15) is 0 Å². The number of benzene rings is 1. The standard InChI is InChI=1S/C21H25N2/c1-13-11-14(2)22-16(4)23-19(20(22)15(13)3)12-17-9-7-8-10-18(17)21(23,5)6/h7-11H,12H2,1-6H3/q+1/i11T. The van der Waals surface area contributed by atoms with Crippen LogP contribution in [0.25, 0.3) is 5.52 Å². The summed E-state index contributed by atoms with van der Waals surface area (Å²) in [6.45, 7) is 13.1. The van der Waals surface area contributed by atoms with Crippen molar-refractivity contribution >= 4 is 5.52 Å². The molecular formula is C21H25N2+. The zero-order valence-electron chi connectivity index (χ0n) is 15.9. The summed E-state index contributed by atoms with van der Waals surface area (Å²) >= 11 is 0. The van der Waals surface area contributed by atoms with Crippen molar-refractivity contribution in [3.8, 4) is 0 Å². The fourth-order valence-corrected chi connectivity index (χ4v) is 4.56. The molecule has 0 atom stereocenters. The van der Waals surface area contributed by atoms with E-state index in [1.807, 2.05) is 0 Å². The van der Waals surface area contributed by atoms with E-state index < -0.39 is 0 Å². The molecule has 0 saturated heterocycles. The smallest absolute Gasteiger partial charge is 0.221 e. The van der Waals surface area contributed by atoms with E-state index in [0.29, 0.717) is 6.04 Å². The predicted molar refractivity (Wildman–Crippen MR) is 94.2 cm³/mol. The molecule has 2 heteroatoms. The third-order valence-electron chi connectivity index (χ3n) is 5.63. The molecule has 1 aliphatic heterocycles. The summed E-state index contributed by atoms with van der Waals surface area (Å²) in [7, 11) is 0. The highest BCUT2D eigenvalue weighted by Gasteiger charge is 2.41. The van der Waals surface area contributed by atoms with Crippen molar-refractivity contribution < 1.29 is 5.94 Å². The van der Waals surface area contributed by atoms with Gasteiger partial charge in [0.1, 0.15) is 11.2 Å². The minimum absolute atomic E-state index is 0.0880. The van der Waals surface area contributed by atoms with Crippen LogP contribution in [0.5, 0.6) is 0 Å². The van der Waals surface area contributed by atoms with E-state index in [1.165, 1.54) is 33.7 Å². The topological polar surface area (TPSA) is 8.29 Å². The molecule has 1 aromatic carbocycles. The molecule has 2 aromatic heterocycles. The third-order valence-corrected chi connectivity index (χ3v) is 5.63. The number of hydrogen-bond donors (Lipinski definition) is 0. The normalized spacial score (nSPS) is 16.2. The number of aryl methyl sites for hydroxylation is 3. The van der Waals surface area contributed by atoms with Crippen LogP contribution in [-0.2, 0) is 12.0 Å². The summed E-state index contributed by atoms with van der Waals surface area (Å²) in [5.41, 5.74) is 8.76. The van der Waals surface area contributed by atoms with Gasteiger partial charge in [0, 0.05) is 24.5 Å². The maximum absolute atomic E-state index is 8.47. The quantitative estimate of drug-likeness (QED) is 0.552. The maximum Gasteiger partial charge on any atom is 0.259 e. The summed E-state index contributed by atoms with van der Waals surface area (Å²) in [5, 5.41) is 0. The van der Waals surface area contributed by atoms with Crippen LogP contribution in [0, 0.1) is 27.7 Å². The lowest BCUT2D eigenvalue weighted by Gasteiger charge is -2.31. The van der Waals surface area contributed by atoms with Crippen LogP contribution < -0.4 is 4.57 Å². The third kappa shape index (κ3) is 1.72. The Hall–Kier alpha value is -2.09. The molecule has 0 spiro atoms. The molecule has 3 aromatic rings. The Balaban J connectivity index is 2.21. The van der Waals surface area contributed by atoms with Crippen molar-refractivity contribution in [2.45, 2.75) is 53.5 Å². The molecule has 23 heavy (non-hydrogen) atoms. The molecule has 0 amide bonds. The molecule has 118 valence electrons. The van der Waals surface area contributed by atoms with Gasteiger partial charge in [-0.05, 0) is 51.8 Å². The van der Waals surface area contributed by atoms with E-state index in [1.54, 1.807) is 0 Å². The molecule has 0 N–H and O–H groups in total. The maximum atomic E-state index is 8.47. The Kier molecular flexibility index (Phi) is 2.60. The first-order valence-electron chi connectivity index (χ1n) is 8.88. The molecule has 0 unspecified atom stereocenters. The lowest BCUT2D eigenvalue weighted by Crippen LogP contribution is -2.59. The zero-order valence-corrected chi connectivity index (χ0v) is 14.9. The lowest BCUT2D eigenvalue weighted by atomic mass is 9.84. The van der Waals surface area contributed by atoms with E-state index in [0.717, 1.165) is 17.7 Å². The monoisotopic (exact) mass is 307 g/mol. The highest BCUT2D eigenvalue weighted by Crippen LogP contribution is 2.34. The fourth-order valence-electron chi connectivity index (χ4n) is 4.56. The van der Waals surface area contributed by atoms with Crippen LogP contribution in [0.15, 0.2) is 30.3 Å². The average molecular weight is 307 g/mol. The van der Waals surface area contributed by atoms with Crippen LogP contribution in [0.4, 0.5) is 0 Å². The number of rotatable bonds is 0. The van der Waals surface area contributed by atoms with Crippen LogP contribution >= 0.6 is 0 Å². The van der Waals surface area contributed by atoms with Crippen LogP contribution in [-0.4, -0.2) is 4.40 Å². The molecule has 0 radical (unpaired) electrons. The Morgan fingerprint density at radius 1 is 1.13 bits per heavy atom. The second-order valence-electron chi connectivity index (χ2n) is 7.37. The highest BCUT2D eigenvalue weighted by atomic mass is 15.2. The number of hydrogen-bond acceptors (Lipinski definition) is 0. The zero-order chi connectivity index (χ0) is 17.4. The van der Waals surface area contributed by atoms with Gasteiger partial charge in [-0.1, -0.05) is 24.3 Å². The van der Waals surface area contributed by atoms with Gasteiger partial charge in [0.2, 0.25) is 0 Å². The van der Waals surface area contributed by atoms with Crippen molar-refractivity contribution in [2.75, 3.05) is 0 Å². The van der Waals surface area contributed by atoms with Crippen molar-refractivity contribution in [3.63, 3.8) is 0 Å². The average Bonchev–Trinajstić information content (AvgIpc) is 2.84. The first kappa shape index (κ1) is 13.4. The van der Waals surface area contributed by atoms with Gasteiger partial charge in [-0.3, -0.25) is 0 Å². The summed E-state index contributed by atoms with van der Waals surface area (Å²) in [5.74, 6) is 1.22. The molecule has 0 aliphatic carbocycles. The molecular weight excluding hydrogens is 280 g/mol. The minimum Gasteiger partial charge on any atom is -0.221 e. The van der Waals surface area contributed by atoms with Gasteiger partial charge in [-0.2, -0.15) is 4.40 Å². The molecule has 0 saturated carbocycles. The number of pyridine rings is 1. The molecule has 1 aliphatic rings. The summed E-state index contributed by atoms with van der Waals surface area (Å²) < 4.78 is 13.3. The number of aromatic nitrogens is 2. The van der Waals surface area contributed by atoms with Gasteiger partial charge in [0.05, 0.1) is 1.37 Å². The second-order valence-corrected chi connectivity index (χ2v) is 7.37. The number of imidazole rings is 1. The fraction of sp³-hybridized carbons (Fsp3) is 0.381. The Labute approximate surface area is 139 Å². The largest absolute Gasteiger partial charge is 0.259 e. The van der Waals surface area contributed by atoms with E-state index in [2.05, 4.69) is 74.8 Å². The van der Waals surface area contributed by atoms with Crippen LogP contribution in [0.2, 0.25) is 0 Å². The van der Waals surface area contributed by atoms with E-state index in [4.69, 9.17) is 1.37 Å². The van der Waals surface area contributed by atoms with Crippen molar-refractivity contribution in [1.29, 1.82) is 0 Å². The summed E-state index contributed by atoms with van der Waals surface area (Å²) in [6, 6.07) is 9.45. The predicted octanol–water partition coefficient (Wildman–Crippen LogP) is 4.15. The second kappa shape index (κ2) is 4.47. The van der Waals surface area contributed by atoms with Gasteiger partial charge in [-0.15, -0.1) is 0 Å². The first-order valence-corrected chi connectivity index (χ1v) is 8.38. The van der Waals surface area contributed by atoms with Crippen LogP contribution in [0.3, 0.4) is 0 Å². The molecule has 0 bridgehead atoms. The Morgan fingerprint density at radius 2 is 1.83 bits per heavy atom.